The maximum absolute atomic E-state index is 13.0. The molecule has 3 atom stereocenters. The summed E-state index contributed by atoms with van der Waals surface area (Å²) in [5.41, 5.74) is -0.0703. The summed E-state index contributed by atoms with van der Waals surface area (Å²) in [4.78, 5) is 29.6. The number of halogens is 2. The highest BCUT2D eigenvalue weighted by molar-refractivity contribution is 6.35. The number of amides is 1. The van der Waals surface area contributed by atoms with E-state index in [-0.39, 0.29) is 17.4 Å². The third-order valence-electron chi connectivity index (χ3n) is 6.35. The van der Waals surface area contributed by atoms with E-state index in [2.05, 4.69) is 10.3 Å². The molecule has 1 heterocycles. The summed E-state index contributed by atoms with van der Waals surface area (Å²) in [6, 6.07) is 15.2. The summed E-state index contributed by atoms with van der Waals surface area (Å²) in [5.74, 6) is -1.60. The number of aromatic hydroxyl groups is 1. The van der Waals surface area contributed by atoms with Crippen LogP contribution in [0.3, 0.4) is 0 Å². The highest BCUT2D eigenvalue weighted by Gasteiger charge is 2.39. The Morgan fingerprint density at radius 2 is 1.74 bits per heavy atom. The van der Waals surface area contributed by atoms with Crippen LogP contribution in [0.15, 0.2) is 60.8 Å². The molecule has 3 rings (SSSR count). The summed E-state index contributed by atoms with van der Waals surface area (Å²) in [6.07, 6.45) is 1.24. The Hall–Kier alpha value is -3.49. The molecule has 2 aromatic carbocycles. The number of benzene rings is 2. The van der Waals surface area contributed by atoms with Crippen LogP contribution >= 0.6 is 23.2 Å². The van der Waals surface area contributed by atoms with E-state index in [1.54, 1.807) is 25.1 Å². The van der Waals surface area contributed by atoms with Crippen molar-refractivity contribution < 1.29 is 28.9 Å². The van der Waals surface area contributed by atoms with E-state index in [1.165, 1.54) is 26.3 Å². The third-order valence-corrected chi connectivity index (χ3v) is 6.88. The average molecular weight is 575 g/mol. The largest absolute Gasteiger partial charge is 0.503 e. The van der Waals surface area contributed by atoms with Crippen molar-refractivity contribution in [3.05, 3.63) is 82.1 Å². The van der Waals surface area contributed by atoms with Crippen molar-refractivity contribution >= 4 is 35.1 Å². The Morgan fingerprint density at radius 3 is 2.38 bits per heavy atom. The molecule has 2 unspecified atom stereocenters. The average Bonchev–Trinajstić information content (AvgIpc) is 2.89. The molecule has 208 valence electrons. The number of methoxy groups -OCH3 is 1. The standard InChI is InChI=1S/C29H32Cl2N2O6/c1-17(33-27(35)25-26(34)24(37-5)13-14-32-25)28(36)38-18(2)21(15-19-9-7-6-8-10-19)29(3,4)39-23-12-11-20(30)16-22(23)31/h6-14,16-18,21,34H,15H2,1-5H3,(H,33,35)/t17-,18?,21?/m0/s1. The first-order valence-electron chi connectivity index (χ1n) is 12.3. The molecule has 10 heteroatoms. The smallest absolute Gasteiger partial charge is 0.328 e. The monoisotopic (exact) mass is 574 g/mol. The van der Waals surface area contributed by atoms with Crippen molar-refractivity contribution in [1.29, 1.82) is 0 Å². The SMILES string of the molecule is COc1ccnc(C(=O)N[C@@H](C)C(=O)OC(C)C(Cc2ccccc2)C(C)(C)Oc2ccc(Cl)cc2Cl)c1O. The number of nitrogens with one attached hydrogen (secondary N) is 1. The van der Waals surface area contributed by atoms with Crippen LogP contribution in [0.4, 0.5) is 0 Å². The number of rotatable bonds is 11. The number of hydrogen-bond donors (Lipinski definition) is 2. The number of aromatic nitrogens is 1. The molecule has 8 nitrogen and oxygen atoms in total. The Labute approximate surface area is 238 Å². The Balaban J connectivity index is 1.77. The summed E-state index contributed by atoms with van der Waals surface area (Å²) >= 11 is 12.4. The molecule has 0 aliphatic rings. The second kappa shape index (κ2) is 13.0. The molecule has 3 aromatic rings. The molecule has 39 heavy (non-hydrogen) atoms. The van der Waals surface area contributed by atoms with Crippen LogP contribution in [0.1, 0.15) is 43.7 Å². The van der Waals surface area contributed by atoms with Gasteiger partial charge in [-0.1, -0.05) is 53.5 Å². The molecule has 0 bridgehead atoms. The van der Waals surface area contributed by atoms with Gasteiger partial charge >= 0.3 is 5.97 Å². The van der Waals surface area contributed by atoms with Crippen LogP contribution in [-0.2, 0) is 16.0 Å². The van der Waals surface area contributed by atoms with Crippen LogP contribution in [0.2, 0.25) is 10.0 Å². The number of carbonyl (C=O) groups is 2. The van der Waals surface area contributed by atoms with Crippen molar-refractivity contribution in [1.82, 2.24) is 10.3 Å². The van der Waals surface area contributed by atoms with Crippen LogP contribution in [0.5, 0.6) is 17.2 Å². The van der Waals surface area contributed by atoms with Gasteiger partial charge in [-0.05, 0) is 57.9 Å². The summed E-state index contributed by atoms with van der Waals surface area (Å²) in [5, 5.41) is 13.6. The van der Waals surface area contributed by atoms with Crippen molar-refractivity contribution in [3.8, 4) is 17.2 Å². The molecule has 0 aliphatic carbocycles. The van der Waals surface area contributed by atoms with E-state index < -0.39 is 35.4 Å². The number of pyridine rings is 1. The number of nitrogens with zero attached hydrogens (tertiary/aromatic N) is 1. The second-order valence-electron chi connectivity index (χ2n) is 9.62. The Bertz CT molecular complexity index is 1300. The summed E-state index contributed by atoms with van der Waals surface area (Å²) < 4.78 is 17.2. The number of carbonyl (C=O) groups excluding carboxylic acids is 2. The molecule has 2 N–H and O–H groups in total. The lowest BCUT2D eigenvalue weighted by Crippen LogP contribution is -2.48. The van der Waals surface area contributed by atoms with Gasteiger partial charge in [-0.15, -0.1) is 0 Å². The molecule has 0 radical (unpaired) electrons. The zero-order chi connectivity index (χ0) is 28.7. The van der Waals surface area contributed by atoms with Gasteiger partial charge in [-0.3, -0.25) is 4.79 Å². The maximum atomic E-state index is 13.0. The van der Waals surface area contributed by atoms with E-state index in [0.717, 1.165) is 5.56 Å². The minimum Gasteiger partial charge on any atom is -0.503 e. The molecule has 0 fully saturated rings. The molecule has 1 amide bonds. The first-order valence-corrected chi connectivity index (χ1v) is 13.1. The zero-order valence-corrected chi connectivity index (χ0v) is 23.9. The topological polar surface area (TPSA) is 107 Å². The molecule has 0 saturated heterocycles. The van der Waals surface area contributed by atoms with Gasteiger partial charge in [-0.25, -0.2) is 9.78 Å². The van der Waals surface area contributed by atoms with Crippen molar-refractivity contribution in [2.75, 3.05) is 7.11 Å². The first kappa shape index (κ1) is 30.1. The molecule has 0 saturated carbocycles. The van der Waals surface area contributed by atoms with Crippen LogP contribution in [0, 0.1) is 5.92 Å². The highest BCUT2D eigenvalue weighted by Crippen LogP contribution is 2.36. The van der Waals surface area contributed by atoms with E-state index in [1.807, 2.05) is 44.2 Å². The fourth-order valence-corrected chi connectivity index (χ4v) is 4.67. The van der Waals surface area contributed by atoms with E-state index in [9.17, 15) is 14.7 Å². The van der Waals surface area contributed by atoms with Crippen molar-refractivity contribution in [2.24, 2.45) is 5.92 Å². The van der Waals surface area contributed by atoms with E-state index in [0.29, 0.717) is 22.2 Å². The van der Waals surface area contributed by atoms with Crippen molar-refractivity contribution in [2.45, 2.75) is 51.9 Å². The van der Waals surface area contributed by atoms with Gasteiger partial charge in [0.2, 0.25) is 0 Å². The predicted octanol–water partition coefficient (Wildman–Crippen LogP) is 5.87. The fourth-order valence-electron chi connectivity index (χ4n) is 4.22. The van der Waals surface area contributed by atoms with Gasteiger partial charge in [0.1, 0.15) is 23.5 Å². The van der Waals surface area contributed by atoms with Gasteiger partial charge in [0.15, 0.2) is 17.2 Å². The zero-order valence-electron chi connectivity index (χ0n) is 22.4. The number of hydrogen-bond acceptors (Lipinski definition) is 7. The minimum absolute atomic E-state index is 0.0887. The van der Waals surface area contributed by atoms with Crippen LogP contribution < -0.4 is 14.8 Å². The van der Waals surface area contributed by atoms with Gasteiger partial charge in [0.05, 0.1) is 12.1 Å². The lowest BCUT2D eigenvalue weighted by molar-refractivity contribution is -0.156. The molecular formula is C29H32Cl2N2O6. The van der Waals surface area contributed by atoms with Gasteiger partial charge in [-0.2, -0.15) is 0 Å². The lowest BCUT2D eigenvalue weighted by atomic mass is 9.81. The number of esters is 1. The Morgan fingerprint density at radius 1 is 1.05 bits per heavy atom. The lowest BCUT2D eigenvalue weighted by Gasteiger charge is -2.38. The number of ether oxygens (including phenoxy) is 3. The van der Waals surface area contributed by atoms with E-state index in [4.69, 9.17) is 37.4 Å². The second-order valence-corrected chi connectivity index (χ2v) is 10.5. The van der Waals surface area contributed by atoms with Gasteiger partial charge < -0.3 is 24.6 Å². The van der Waals surface area contributed by atoms with Gasteiger partial charge in [0.25, 0.3) is 5.91 Å². The van der Waals surface area contributed by atoms with E-state index >= 15 is 0 Å². The highest BCUT2D eigenvalue weighted by atomic mass is 35.5. The molecule has 1 aromatic heterocycles. The first-order chi connectivity index (χ1) is 18.4. The summed E-state index contributed by atoms with van der Waals surface area (Å²) in [6.45, 7) is 7.08. The Kier molecular flexibility index (Phi) is 10.1. The fraction of sp³-hybridized carbons (Fsp3) is 0.345. The quantitative estimate of drug-likeness (QED) is 0.276. The predicted molar refractivity (Wildman–Crippen MR) is 150 cm³/mol. The molecular weight excluding hydrogens is 543 g/mol. The van der Waals surface area contributed by atoms with Gasteiger partial charge in [0, 0.05) is 23.2 Å². The minimum atomic E-state index is -1.03. The molecule has 0 aliphatic heterocycles. The van der Waals surface area contributed by atoms with Crippen LogP contribution in [-0.4, -0.2) is 46.8 Å². The maximum Gasteiger partial charge on any atom is 0.328 e. The normalized spacial score (nSPS) is 13.6. The summed E-state index contributed by atoms with van der Waals surface area (Å²) in [7, 11) is 1.36. The van der Waals surface area contributed by atoms with Crippen molar-refractivity contribution in [3.63, 3.8) is 0 Å². The van der Waals surface area contributed by atoms with Crippen LogP contribution in [0.25, 0.3) is 0 Å². The molecule has 0 spiro atoms. The third kappa shape index (κ3) is 7.77.